The fourth-order valence-corrected chi connectivity index (χ4v) is 1.19. The number of nitrogens with zero attached hydrogens (tertiary/aromatic N) is 6. The SMILES string of the molecule is Cn1nnc(Cn2cccc2C#N)n1. The highest BCUT2D eigenvalue weighted by molar-refractivity contribution is 5.22. The van der Waals surface area contributed by atoms with Gasteiger partial charge < -0.3 is 4.57 Å². The highest BCUT2D eigenvalue weighted by Crippen LogP contribution is 2.02. The summed E-state index contributed by atoms with van der Waals surface area (Å²) in [5.74, 6) is 0.597. The minimum Gasteiger partial charge on any atom is -0.332 e. The van der Waals surface area contributed by atoms with Gasteiger partial charge in [0.1, 0.15) is 11.8 Å². The van der Waals surface area contributed by atoms with Gasteiger partial charge >= 0.3 is 0 Å². The molecule has 0 saturated heterocycles. The molecule has 0 unspecified atom stereocenters. The van der Waals surface area contributed by atoms with Crippen molar-refractivity contribution in [3.63, 3.8) is 0 Å². The van der Waals surface area contributed by atoms with Gasteiger partial charge in [-0.1, -0.05) is 0 Å². The third kappa shape index (κ3) is 1.47. The zero-order valence-electron chi connectivity index (χ0n) is 7.62. The van der Waals surface area contributed by atoms with E-state index in [1.165, 1.54) is 4.80 Å². The molecule has 14 heavy (non-hydrogen) atoms. The van der Waals surface area contributed by atoms with Crippen molar-refractivity contribution >= 4 is 0 Å². The van der Waals surface area contributed by atoms with Crippen molar-refractivity contribution in [2.24, 2.45) is 7.05 Å². The Kier molecular flexibility index (Phi) is 1.99. The molecule has 2 aromatic heterocycles. The molecule has 0 fully saturated rings. The van der Waals surface area contributed by atoms with E-state index in [0.717, 1.165) is 0 Å². The number of hydrogen-bond acceptors (Lipinski definition) is 4. The molecule has 6 nitrogen and oxygen atoms in total. The maximum absolute atomic E-state index is 8.76. The van der Waals surface area contributed by atoms with Gasteiger partial charge in [0, 0.05) is 6.20 Å². The Morgan fingerprint density at radius 1 is 1.57 bits per heavy atom. The number of tetrazole rings is 1. The van der Waals surface area contributed by atoms with Crippen LogP contribution in [0.4, 0.5) is 0 Å². The molecular weight excluding hydrogens is 180 g/mol. The van der Waals surface area contributed by atoms with Crippen LogP contribution in [-0.2, 0) is 13.6 Å². The van der Waals surface area contributed by atoms with Crippen LogP contribution in [0.1, 0.15) is 11.5 Å². The second-order valence-electron chi connectivity index (χ2n) is 2.83. The van der Waals surface area contributed by atoms with Gasteiger partial charge in [0.2, 0.25) is 0 Å². The van der Waals surface area contributed by atoms with Crippen LogP contribution in [0.5, 0.6) is 0 Å². The van der Waals surface area contributed by atoms with Crippen molar-refractivity contribution in [3.8, 4) is 6.07 Å². The molecule has 2 rings (SSSR count). The van der Waals surface area contributed by atoms with Crippen LogP contribution in [0.15, 0.2) is 18.3 Å². The fraction of sp³-hybridized carbons (Fsp3) is 0.250. The van der Waals surface area contributed by atoms with E-state index in [1.807, 2.05) is 12.3 Å². The van der Waals surface area contributed by atoms with Gasteiger partial charge in [-0.15, -0.1) is 10.2 Å². The number of aryl methyl sites for hydroxylation is 1. The first kappa shape index (κ1) is 8.44. The highest BCUT2D eigenvalue weighted by atomic mass is 15.6. The molecule has 0 saturated carbocycles. The molecule has 0 amide bonds. The smallest absolute Gasteiger partial charge is 0.194 e. The Morgan fingerprint density at radius 3 is 3.07 bits per heavy atom. The topological polar surface area (TPSA) is 72.3 Å². The summed E-state index contributed by atoms with van der Waals surface area (Å²) in [4.78, 5) is 1.39. The molecule has 0 aliphatic rings. The van der Waals surface area contributed by atoms with E-state index in [9.17, 15) is 0 Å². The minimum absolute atomic E-state index is 0.476. The Balaban J connectivity index is 2.23. The molecule has 0 aliphatic heterocycles. The molecule has 70 valence electrons. The van der Waals surface area contributed by atoms with Crippen LogP contribution < -0.4 is 0 Å². The summed E-state index contributed by atoms with van der Waals surface area (Å²) < 4.78 is 1.77. The van der Waals surface area contributed by atoms with Crippen LogP contribution >= 0.6 is 0 Å². The van der Waals surface area contributed by atoms with Crippen LogP contribution in [-0.4, -0.2) is 24.8 Å². The second kappa shape index (κ2) is 3.30. The Hall–Kier alpha value is -2.16. The van der Waals surface area contributed by atoms with Crippen molar-refractivity contribution in [1.82, 2.24) is 24.8 Å². The molecule has 0 radical (unpaired) electrons. The summed E-state index contributed by atoms with van der Waals surface area (Å²) in [5.41, 5.74) is 0.595. The average molecular weight is 188 g/mol. The third-order valence-electron chi connectivity index (χ3n) is 1.81. The normalized spacial score (nSPS) is 10.0. The average Bonchev–Trinajstić information content (AvgIpc) is 2.76. The highest BCUT2D eigenvalue weighted by Gasteiger charge is 2.04. The molecule has 2 heterocycles. The molecule has 0 spiro atoms. The summed E-state index contributed by atoms with van der Waals surface area (Å²) >= 11 is 0. The number of aromatic nitrogens is 5. The Labute approximate surface area is 80.4 Å². The van der Waals surface area contributed by atoms with Gasteiger partial charge in [-0.05, 0) is 17.3 Å². The fourth-order valence-electron chi connectivity index (χ4n) is 1.19. The van der Waals surface area contributed by atoms with Crippen LogP contribution in [0.25, 0.3) is 0 Å². The van der Waals surface area contributed by atoms with E-state index in [-0.39, 0.29) is 0 Å². The van der Waals surface area contributed by atoms with Gasteiger partial charge in [-0.2, -0.15) is 10.1 Å². The lowest BCUT2D eigenvalue weighted by atomic mass is 10.4. The molecule has 0 aromatic carbocycles. The first-order chi connectivity index (χ1) is 6.79. The number of hydrogen-bond donors (Lipinski definition) is 0. The maximum atomic E-state index is 8.76. The molecule has 0 atom stereocenters. The lowest BCUT2D eigenvalue weighted by Crippen LogP contribution is -2.03. The lowest BCUT2D eigenvalue weighted by molar-refractivity contribution is 0.625. The summed E-state index contributed by atoms with van der Waals surface area (Å²) in [6.45, 7) is 0.476. The quantitative estimate of drug-likeness (QED) is 0.661. The summed E-state index contributed by atoms with van der Waals surface area (Å²) in [5, 5.41) is 20.3. The molecule has 0 aliphatic carbocycles. The summed E-state index contributed by atoms with van der Waals surface area (Å²) in [6.07, 6.45) is 1.81. The molecule has 2 aromatic rings. The van der Waals surface area contributed by atoms with E-state index < -0.39 is 0 Å². The van der Waals surface area contributed by atoms with Gasteiger partial charge in [-0.3, -0.25) is 0 Å². The summed E-state index contributed by atoms with van der Waals surface area (Å²) in [6, 6.07) is 5.64. The van der Waals surface area contributed by atoms with E-state index in [2.05, 4.69) is 21.5 Å². The first-order valence-corrected chi connectivity index (χ1v) is 4.07. The zero-order valence-corrected chi connectivity index (χ0v) is 7.62. The molecular formula is C8H8N6. The van der Waals surface area contributed by atoms with Crippen molar-refractivity contribution in [2.75, 3.05) is 0 Å². The molecule has 6 heteroatoms. The monoisotopic (exact) mass is 188 g/mol. The summed E-state index contributed by atoms with van der Waals surface area (Å²) in [7, 11) is 1.71. The second-order valence-corrected chi connectivity index (χ2v) is 2.83. The Bertz CT molecular complexity index is 474. The largest absolute Gasteiger partial charge is 0.332 e. The third-order valence-corrected chi connectivity index (χ3v) is 1.81. The van der Waals surface area contributed by atoms with Crippen molar-refractivity contribution in [1.29, 1.82) is 5.26 Å². The van der Waals surface area contributed by atoms with Gasteiger partial charge in [0.05, 0.1) is 13.6 Å². The van der Waals surface area contributed by atoms with Crippen molar-refractivity contribution in [2.45, 2.75) is 6.54 Å². The van der Waals surface area contributed by atoms with E-state index >= 15 is 0 Å². The van der Waals surface area contributed by atoms with Gasteiger partial charge in [0.25, 0.3) is 0 Å². The van der Waals surface area contributed by atoms with Crippen molar-refractivity contribution < 1.29 is 0 Å². The predicted octanol–water partition coefficient (Wildman–Crippen LogP) is -0.0684. The maximum Gasteiger partial charge on any atom is 0.194 e. The van der Waals surface area contributed by atoms with Crippen LogP contribution in [0.2, 0.25) is 0 Å². The predicted molar refractivity (Wildman–Crippen MR) is 47.0 cm³/mol. The number of nitriles is 1. The number of rotatable bonds is 2. The van der Waals surface area contributed by atoms with Crippen molar-refractivity contribution in [3.05, 3.63) is 29.8 Å². The van der Waals surface area contributed by atoms with E-state index in [4.69, 9.17) is 5.26 Å². The van der Waals surface area contributed by atoms with Crippen LogP contribution in [0.3, 0.4) is 0 Å². The molecule has 0 bridgehead atoms. The zero-order chi connectivity index (χ0) is 9.97. The standard InChI is InChI=1S/C8H8N6/c1-13-11-8(10-12-13)6-14-4-2-3-7(14)5-9/h2-4H,6H2,1H3. The molecule has 0 N–H and O–H groups in total. The minimum atomic E-state index is 0.476. The Morgan fingerprint density at radius 2 is 2.43 bits per heavy atom. The van der Waals surface area contributed by atoms with Gasteiger partial charge in [-0.25, -0.2) is 0 Å². The van der Waals surface area contributed by atoms with E-state index in [1.54, 1.807) is 17.7 Å². The van der Waals surface area contributed by atoms with Gasteiger partial charge in [0.15, 0.2) is 5.82 Å². The lowest BCUT2D eigenvalue weighted by Gasteiger charge is -1.98. The van der Waals surface area contributed by atoms with E-state index in [0.29, 0.717) is 18.1 Å². The first-order valence-electron chi connectivity index (χ1n) is 4.07. The van der Waals surface area contributed by atoms with Crippen LogP contribution in [0, 0.1) is 11.3 Å².